The second-order valence-electron chi connectivity index (χ2n) is 21.1. The first-order valence-corrected chi connectivity index (χ1v) is 25.6. The summed E-state index contributed by atoms with van der Waals surface area (Å²) in [7, 11) is 1.93. The number of nitrogens with one attached hydrogen (secondary N) is 3. The summed E-state index contributed by atoms with van der Waals surface area (Å²) in [5.74, 6) is -0.0807. The van der Waals surface area contributed by atoms with Crippen LogP contribution in [0.1, 0.15) is 134 Å². The molecule has 1 aromatic carbocycles. The molecule has 0 amide bonds. The van der Waals surface area contributed by atoms with Crippen molar-refractivity contribution in [3.05, 3.63) is 117 Å². The van der Waals surface area contributed by atoms with Gasteiger partial charge in [-0.15, -0.1) is 0 Å². The number of nitrogens with two attached hydrogens (primary N) is 1. The molecule has 3 aromatic rings. The number of nitrogens with zero attached hydrogens (tertiary/aromatic N) is 2. The number of carbonyl (C=O) groups excluding carboxylic acids is 3. The molecule has 0 unspecified atom stereocenters. The lowest BCUT2D eigenvalue weighted by Crippen LogP contribution is -2.53. The summed E-state index contributed by atoms with van der Waals surface area (Å²) in [6.45, 7) is 6.48. The van der Waals surface area contributed by atoms with E-state index in [4.69, 9.17) is 15.2 Å². The third kappa shape index (κ3) is 9.37. The Morgan fingerprint density at radius 1 is 1.06 bits per heavy atom. The lowest BCUT2D eigenvalue weighted by Gasteiger charge is -2.43. The molecule has 3 aliphatic carbocycles. The van der Waals surface area contributed by atoms with Crippen molar-refractivity contribution in [2.24, 2.45) is 23.2 Å². The molecule has 1 spiro atoms. The highest BCUT2D eigenvalue weighted by Crippen LogP contribution is 2.60. The number of epoxide rings is 1. The number of pyridine rings is 2. The van der Waals surface area contributed by atoms with Crippen LogP contribution in [0.2, 0.25) is 0 Å². The molecule has 69 heavy (non-hydrogen) atoms. The maximum atomic E-state index is 15.8. The molecule has 5 heterocycles. The maximum absolute atomic E-state index is 15.8. The minimum atomic E-state index is -2.27. The maximum Gasteiger partial charge on any atom is 0.350 e. The number of carbonyl (C=O) groups is 3. The summed E-state index contributed by atoms with van der Waals surface area (Å²) < 4.78 is 13.4. The number of hydrogen-bond acceptors (Lipinski definition) is 13. The lowest BCUT2D eigenvalue weighted by molar-refractivity contribution is -0.158. The molecule has 13 nitrogen and oxygen atoms in total. The molecule has 368 valence electrons. The quantitative estimate of drug-likeness (QED) is 0.0406. The van der Waals surface area contributed by atoms with E-state index in [-0.39, 0.29) is 60.2 Å². The summed E-state index contributed by atoms with van der Waals surface area (Å²) in [6.07, 6.45) is 20.4. The van der Waals surface area contributed by atoms with Gasteiger partial charge in [0.2, 0.25) is 5.78 Å². The Bertz CT molecular complexity index is 2520. The van der Waals surface area contributed by atoms with Crippen molar-refractivity contribution in [1.29, 1.82) is 0 Å². The number of likely N-dealkylation sites (N-methyl/N-ethyl adjacent to an activating group) is 1. The van der Waals surface area contributed by atoms with Crippen molar-refractivity contribution in [3.63, 3.8) is 0 Å². The summed E-state index contributed by atoms with van der Waals surface area (Å²) in [5, 5.41) is 31.8. The smallest absolute Gasteiger partial charge is 0.350 e. The largest absolute Gasteiger partial charge is 0.459 e. The molecule has 6 aliphatic rings. The Labute approximate surface area is 407 Å². The van der Waals surface area contributed by atoms with Crippen LogP contribution in [0.4, 0.5) is 11.6 Å². The molecule has 0 saturated carbocycles. The SMILES string of the molecule is CCN[C@H]1C=C2C=CC[C@@H]3CCCC[C@](C)(Cc4ccc(N)nc4)Cc4cccc5c4C(=O)[C@]4(O[C@@]4(C/C(CO)=C(\C)CCc4ccnc6c4CC[C@H](NC)N6)C5=O)C(=O)O[C@H](CCCO)[C@H]1C[C@H]23. The van der Waals surface area contributed by atoms with Crippen molar-refractivity contribution in [2.45, 2.75) is 147 Å². The number of aromatic nitrogens is 2. The molecule has 0 radical (unpaired) electrons. The highest BCUT2D eigenvalue weighted by atomic mass is 16.7. The van der Waals surface area contributed by atoms with Gasteiger partial charge in [-0.3, -0.25) is 9.59 Å². The van der Waals surface area contributed by atoms with Gasteiger partial charge in [0, 0.05) is 48.5 Å². The number of esters is 1. The first-order valence-electron chi connectivity index (χ1n) is 25.6. The van der Waals surface area contributed by atoms with E-state index in [0.29, 0.717) is 67.9 Å². The molecule has 2 aromatic heterocycles. The van der Waals surface area contributed by atoms with Crippen LogP contribution in [0.3, 0.4) is 0 Å². The highest BCUT2D eigenvalue weighted by molar-refractivity contribution is 6.33. The molecule has 13 heteroatoms. The summed E-state index contributed by atoms with van der Waals surface area (Å²) in [4.78, 5) is 55.8. The number of ketones is 2. The number of rotatable bonds is 14. The first kappa shape index (κ1) is 49.0. The number of ether oxygens (including phenoxy) is 2. The second kappa shape index (κ2) is 20.4. The highest BCUT2D eigenvalue weighted by Gasteiger charge is 2.86. The number of aryl methyl sites for hydroxylation is 1. The van der Waals surface area contributed by atoms with Crippen molar-refractivity contribution >= 4 is 29.2 Å². The van der Waals surface area contributed by atoms with Crippen LogP contribution in [0.15, 0.2) is 83.7 Å². The van der Waals surface area contributed by atoms with Crippen LogP contribution in [0, 0.1) is 23.2 Å². The number of allylic oxidation sites excluding steroid dienone is 4. The second-order valence-corrected chi connectivity index (χ2v) is 21.1. The Morgan fingerprint density at radius 3 is 2.68 bits per heavy atom. The number of aliphatic hydroxyl groups excluding tert-OH is 2. The van der Waals surface area contributed by atoms with Crippen LogP contribution in [0.25, 0.3) is 0 Å². The predicted octanol–water partition coefficient (Wildman–Crippen LogP) is 7.35. The van der Waals surface area contributed by atoms with E-state index in [1.54, 1.807) is 6.07 Å². The fourth-order valence-corrected chi connectivity index (χ4v) is 12.8. The molecule has 9 atom stereocenters. The molecule has 4 bridgehead atoms. The lowest BCUT2D eigenvalue weighted by atomic mass is 9.66. The van der Waals surface area contributed by atoms with E-state index >= 15 is 14.4 Å². The van der Waals surface area contributed by atoms with Gasteiger partial charge in [-0.05, 0) is 160 Å². The molecule has 1 saturated heterocycles. The predicted molar refractivity (Wildman–Crippen MR) is 267 cm³/mol. The molecular formula is C56H72N6O7. The van der Waals surface area contributed by atoms with Crippen LogP contribution < -0.4 is 21.7 Å². The van der Waals surface area contributed by atoms with E-state index in [1.807, 2.05) is 56.7 Å². The zero-order valence-electron chi connectivity index (χ0n) is 41.0. The Balaban J connectivity index is 1.12. The summed E-state index contributed by atoms with van der Waals surface area (Å²) in [6, 6.07) is 11.2. The van der Waals surface area contributed by atoms with Gasteiger partial charge in [-0.25, -0.2) is 14.8 Å². The third-order valence-corrected chi connectivity index (χ3v) is 16.6. The Morgan fingerprint density at radius 2 is 1.91 bits per heavy atom. The number of hydrogen-bond donors (Lipinski definition) is 6. The van der Waals surface area contributed by atoms with Crippen LogP contribution in [-0.4, -0.2) is 94.0 Å². The van der Waals surface area contributed by atoms with Crippen LogP contribution in [-0.2, 0) is 40.0 Å². The van der Waals surface area contributed by atoms with Gasteiger partial charge >= 0.3 is 5.97 Å². The van der Waals surface area contributed by atoms with Gasteiger partial charge in [0.05, 0.1) is 12.8 Å². The minimum Gasteiger partial charge on any atom is -0.459 e. The van der Waals surface area contributed by atoms with Crippen LogP contribution in [0.5, 0.6) is 0 Å². The number of fused-ring (bicyclic) bond motifs is 2. The van der Waals surface area contributed by atoms with Crippen molar-refractivity contribution in [1.82, 2.24) is 20.6 Å². The number of Topliss-reactive ketones (excluding diaryl/α,β-unsaturated/α-hetero) is 2. The molecular weight excluding hydrogens is 869 g/mol. The Kier molecular flexibility index (Phi) is 14.4. The molecule has 7 N–H and O–H groups in total. The average molecular weight is 941 g/mol. The van der Waals surface area contributed by atoms with Gasteiger partial charge in [0.1, 0.15) is 17.7 Å². The first-order chi connectivity index (χ1) is 33.4. The number of benzene rings is 1. The standard InChI is InChI=1S/C56H72N6O7/c1-5-59-45-27-38-13-8-12-36-11-6-7-24-54(3,29-35-18-21-47(57)61-32-35)30-39-14-9-15-42-49(39)51(66)56(53(67)68-46(16-10-26-63)44(45)28-43(36)38)55(69-56,50(42)65)31-40(33-64)34(2)17-19-37-23-25-60-52-41(37)20-22-48(58-4)62-52/h8-9,13-15,18,21,23,25,27,32,36,43-46,48,58-59,63-64H,5-7,10-12,16-17,19-20,22,24,26,28-31,33H2,1-4H3,(H2,57,61)(H,60,62)/b40-34-/t36-,43-,44-,45-,46+,48+,54+,55-,56-/m0/s1. The van der Waals surface area contributed by atoms with Gasteiger partial charge in [-0.1, -0.05) is 74.8 Å². The van der Waals surface area contributed by atoms with E-state index < -0.39 is 34.8 Å². The minimum absolute atomic E-state index is 0.0906. The monoisotopic (exact) mass is 941 g/mol. The average Bonchev–Trinajstić information content (AvgIpc) is 4.06. The fourth-order valence-electron chi connectivity index (χ4n) is 12.8. The number of nitrogen functional groups attached to an aromatic ring is 1. The normalized spacial score (nSPS) is 31.0. The Hall–Kier alpha value is -5.05. The number of anilines is 2. The van der Waals surface area contributed by atoms with Crippen molar-refractivity contribution in [2.75, 3.05) is 37.9 Å². The van der Waals surface area contributed by atoms with Gasteiger partial charge < -0.3 is 41.4 Å². The zero-order chi connectivity index (χ0) is 48.5. The molecule has 1 fully saturated rings. The zero-order valence-corrected chi connectivity index (χ0v) is 41.0. The van der Waals surface area contributed by atoms with Crippen LogP contribution >= 0.6 is 0 Å². The summed E-state index contributed by atoms with van der Waals surface area (Å²) >= 11 is 0. The van der Waals surface area contributed by atoms with Gasteiger partial charge in [-0.2, -0.15) is 0 Å². The number of aliphatic hydroxyl groups is 2. The van der Waals surface area contributed by atoms with E-state index in [9.17, 15) is 10.2 Å². The molecule has 3 aliphatic heterocycles. The third-order valence-electron chi connectivity index (χ3n) is 16.6. The molecule has 9 rings (SSSR count). The van der Waals surface area contributed by atoms with Crippen molar-refractivity contribution in [3.8, 4) is 0 Å². The van der Waals surface area contributed by atoms with E-state index in [2.05, 4.69) is 58.0 Å². The van der Waals surface area contributed by atoms with E-state index in [1.165, 1.54) is 11.1 Å². The number of cyclic esters (lactones) is 1. The summed E-state index contributed by atoms with van der Waals surface area (Å²) in [5.41, 5.74) is 8.67. The van der Waals surface area contributed by atoms with Gasteiger partial charge in [0.25, 0.3) is 5.60 Å². The topological polar surface area (TPSA) is 201 Å². The van der Waals surface area contributed by atoms with E-state index in [0.717, 1.165) is 73.9 Å². The van der Waals surface area contributed by atoms with Crippen molar-refractivity contribution < 1.29 is 34.1 Å². The fraction of sp³-hybridized carbons (Fsp3) is 0.554. The van der Waals surface area contributed by atoms with Gasteiger partial charge in [0.15, 0.2) is 11.4 Å².